The first-order chi connectivity index (χ1) is 7.08. The van der Waals surface area contributed by atoms with Crippen molar-refractivity contribution < 1.29 is 9.53 Å². The summed E-state index contributed by atoms with van der Waals surface area (Å²) in [7, 11) is 0. The van der Waals surface area contributed by atoms with Crippen LogP contribution in [0.1, 0.15) is 19.4 Å². The lowest BCUT2D eigenvalue weighted by atomic mass is 10.2. The molecule has 1 amide bonds. The van der Waals surface area contributed by atoms with Crippen LogP contribution in [0.15, 0.2) is 30.3 Å². The van der Waals surface area contributed by atoms with Gasteiger partial charge in [-0.2, -0.15) is 0 Å². The van der Waals surface area contributed by atoms with Crippen LogP contribution in [-0.4, -0.2) is 12.0 Å². The Labute approximate surface area is 89.5 Å². The van der Waals surface area contributed by atoms with Crippen LogP contribution in [-0.2, 0) is 4.79 Å². The van der Waals surface area contributed by atoms with Crippen molar-refractivity contribution in [2.24, 2.45) is 5.73 Å². The highest BCUT2D eigenvalue weighted by molar-refractivity contribution is 5.90. The number of hydrogen-bond acceptors (Lipinski definition) is 2. The van der Waals surface area contributed by atoms with Gasteiger partial charge in [0.05, 0.1) is 6.10 Å². The van der Waals surface area contributed by atoms with Crippen molar-refractivity contribution in [3.05, 3.63) is 35.9 Å². The van der Waals surface area contributed by atoms with Crippen molar-refractivity contribution in [1.29, 1.82) is 0 Å². The van der Waals surface area contributed by atoms with E-state index in [2.05, 4.69) is 0 Å². The number of amides is 1. The molecule has 15 heavy (non-hydrogen) atoms. The van der Waals surface area contributed by atoms with Crippen molar-refractivity contribution in [2.45, 2.75) is 20.0 Å². The van der Waals surface area contributed by atoms with E-state index in [0.29, 0.717) is 0 Å². The SMILES string of the molecule is CC(C)Oc1ccc(C=CC(N)=O)cc1. The minimum Gasteiger partial charge on any atom is -0.491 e. The smallest absolute Gasteiger partial charge is 0.241 e. The van der Waals surface area contributed by atoms with Crippen LogP contribution in [0.2, 0.25) is 0 Å². The first-order valence-electron chi connectivity index (χ1n) is 4.82. The minimum atomic E-state index is -0.447. The Balaban J connectivity index is 2.68. The third kappa shape index (κ3) is 4.31. The summed E-state index contributed by atoms with van der Waals surface area (Å²) in [6.07, 6.45) is 3.16. The predicted molar refractivity (Wildman–Crippen MR) is 60.4 cm³/mol. The van der Waals surface area contributed by atoms with E-state index in [4.69, 9.17) is 10.5 Å². The van der Waals surface area contributed by atoms with Crippen LogP contribution in [0, 0.1) is 0 Å². The van der Waals surface area contributed by atoms with Crippen LogP contribution in [0.25, 0.3) is 6.08 Å². The number of benzene rings is 1. The average molecular weight is 205 g/mol. The second-order valence-corrected chi connectivity index (χ2v) is 3.47. The van der Waals surface area contributed by atoms with E-state index in [0.717, 1.165) is 11.3 Å². The van der Waals surface area contributed by atoms with Gasteiger partial charge in [0.2, 0.25) is 5.91 Å². The summed E-state index contributed by atoms with van der Waals surface area (Å²) in [6.45, 7) is 3.95. The molecule has 0 aliphatic carbocycles. The van der Waals surface area contributed by atoms with Gasteiger partial charge < -0.3 is 10.5 Å². The van der Waals surface area contributed by atoms with Crippen LogP contribution >= 0.6 is 0 Å². The quantitative estimate of drug-likeness (QED) is 0.764. The van der Waals surface area contributed by atoms with Gasteiger partial charge in [-0.25, -0.2) is 0 Å². The number of hydrogen-bond donors (Lipinski definition) is 1. The average Bonchev–Trinajstić information content (AvgIpc) is 2.16. The standard InChI is InChI=1S/C12H15NO2/c1-9(2)15-11-6-3-10(4-7-11)5-8-12(13)14/h3-9H,1-2H3,(H2,13,14). The lowest BCUT2D eigenvalue weighted by Gasteiger charge is -2.09. The number of primary amides is 1. The molecule has 0 heterocycles. The molecule has 0 aliphatic rings. The molecule has 0 saturated heterocycles. The number of rotatable bonds is 4. The molecule has 2 N–H and O–H groups in total. The van der Waals surface area contributed by atoms with E-state index < -0.39 is 5.91 Å². The van der Waals surface area contributed by atoms with Crippen LogP contribution in [0.3, 0.4) is 0 Å². The molecule has 80 valence electrons. The molecule has 3 heteroatoms. The number of ether oxygens (including phenoxy) is 1. The zero-order valence-corrected chi connectivity index (χ0v) is 8.94. The maximum absolute atomic E-state index is 10.5. The summed E-state index contributed by atoms with van der Waals surface area (Å²) in [6, 6.07) is 7.47. The second kappa shape index (κ2) is 5.20. The Morgan fingerprint density at radius 3 is 2.40 bits per heavy atom. The van der Waals surface area contributed by atoms with E-state index in [9.17, 15) is 4.79 Å². The van der Waals surface area contributed by atoms with Gasteiger partial charge in [-0.05, 0) is 37.6 Å². The monoisotopic (exact) mass is 205 g/mol. The summed E-state index contributed by atoms with van der Waals surface area (Å²) in [5.41, 5.74) is 5.91. The van der Waals surface area contributed by atoms with Crippen molar-refractivity contribution in [3.8, 4) is 5.75 Å². The molecular weight excluding hydrogens is 190 g/mol. The van der Waals surface area contributed by atoms with Gasteiger partial charge in [-0.3, -0.25) is 4.79 Å². The maximum atomic E-state index is 10.5. The van der Waals surface area contributed by atoms with Crippen LogP contribution in [0.5, 0.6) is 5.75 Å². The lowest BCUT2D eigenvalue weighted by molar-refractivity contribution is -0.113. The zero-order valence-electron chi connectivity index (χ0n) is 8.94. The maximum Gasteiger partial charge on any atom is 0.241 e. The van der Waals surface area contributed by atoms with Crippen LogP contribution in [0.4, 0.5) is 0 Å². The molecular formula is C12H15NO2. The normalized spacial score (nSPS) is 10.9. The summed E-state index contributed by atoms with van der Waals surface area (Å²) >= 11 is 0. The molecule has 0 aliphatic heterocycles. The van der Waals surface area contributed by atoms with E-state index >= 15 is 0 Å². The minimum absolute atomic E-state index is 0.164. The Morgan fingerprint density at radius 2 is 1.93 bits per heavy atom. The Kier molecular flexibility index (Phi) is 3.92. The van der Waals surface area contributed by atoms with Crippen LogP contribution < -0.4 is 10.5 Å². The lowest BCUT2D eigenvalue weighted by Crippen LogP contribution is -2.05. The van der Waals surface area contributed by atoms with Gasteiger partial charge in [-0.15, -0.1) is 0 Å². The highest BCUT2D eigenvalue weighted by atomic mass is 16.5. The molecule has 0 aromatic heterocycles. The second-order valence-electron chi connectivity index (χ2n) is 3.47. The molecule has 3 nitrogen and oxygen atoms in total. The van der Waals surface area contributed by atoms with E-state index in [1.54, 1.807) is 6.08 Å². The Morgan fingerprint density at radius 1 is 1.33 bits per heavy atom. The number of carbonyl (C=O) groups is 1. The largest absolute Gasteiger partial charge is 0.491 e. The first-order valence-corrected chi connectivity index (χ1v) is 4.82. The molecule has 1 aromatic rings. The fourth-order valence-electron chi connectivity index (χ4n) is 1.11. The van der Waals surface area contributed by atoms with E-state index in [1.165, 1.54) is 6.08 Å². The molecule has 0 fully saturated rings. The molecule has 0 saturated carbocycles. The Bertz CT molecular complexity index is 352. The summed E-state index contributed by atoms with van der Waals surface area (Å²) in [5.74, 6) is 0.374. The molecule has 0 spiro atoms. The van der Waals surface area contributed by atoms with Gasteiger partial charge in [0, 0.05) is 6.08 Å². The predicted octanol–water partition coefficient (Wildman–Crippen LogP) is 1.97. The molecule has 0 atom stereocenters. The number of nitrogens with two attached hydrogens (primary N) is 1. The zero-order chi connectivity index (χ0) is 11.3. The van der Waals surface area contributed by atoms with Gasteiger partial charge in [0.1, 0.15) is 5.75 Å². The van der Waals surface area contributed by atoms with Gasteiger partial charge in [-0.1, -0.05) is 12.1 Å². The van der Waals surface area contributed by atoms with Crippen molar-refractivity contribution in [2.75, 3.05) is 0 Å². The topological polar surface area (TPSA) is 52.3 Å². The Hall–Kier alpha value is -1.77. The van der Waals surface area contributed by atoms with Gasteiger partial charge >= 0.3 is 0 Å². The molecule has 0 bridgehead atoms. The number of carbonyl (C=O) groups excluding carboxylic acids is 1. The molecule has 0 radical (unpaired) electrons. The van der Waals surface area contributed by atoms with E-state index in [1.807, 2.05) is 38.1 Å². The van der Waals surface area contributed by atoms with E-state index in [-0.39, 0.29) is 6.10 Å². The summed E-state index contributed by atoms with van der Waals surface area (Å²) in [5, 5.41) is 0. The third-order valence-corrected chi connectivity index (χ3v) is 1.69. The van der Waals surface area contributed by atoms with Gasteiger partial charge in [0.25, 0.3) is 0 Å². The van der Waals surface area contributed by atoms with Gasteiger partial charge in [0.15, 0.2) is 0 Å². The fraction of sp³-hybridized carbons (Fsp3) is 0.250. The third-order valence-electron chi connectivity index (χ3n) is 1.69. The highest BCUT2D eigenvalue weighted by Crippen LogP contribution is 2.14. The van der Waals surface area contributed by atoms with Crippen molar-refractivity contribution in [1.82, 2.24) is 0 Å². The summed E-state index contributed by atoms with van der Waals surface area (Å²) in [4.78, 5) is 10.5. The van der Waals surface area contributed by atoms with Crippen molar-refractivity contribution in [3.63, 3.8) is 0 Å². The summed E-state index contributed by atoms with van der Waals surface area (Å²) < 4.78 is 5.48. The fourth-order valence-corrected chi connectivity index (χ4v) is 1.11. The first kappa shape index (κ1) is 11.3. The molecule has 1 rings (SSSR count). The highest BCUT2D eigenvalue weighted by Gasteiger charge is 1.96. The molecule has 0 unspecified atom stereocenters. The van der Waals surface area contributed by atoms with Crippen molar-refractivity contribution >= 4 is 12.0 Å². The molecule has 1 aromatic carbocycles.